The highest BCUT2D eigenvalue weighted by Gasteiger charge is 2.43. The molecule has 0 unspecified atom stereocenters. The van der Waals surface area contributed by atoms with E-state index in [-0.39, 0.29) is 5.94 Å². The Balaban J connectivity index is 2.63. The molecule has 6 nitrogen and oxygen atoms in total. The molecule has 1 aliphatic rings. The Morgan fingerprint density at radius 2 is 1.79 bits per heavy atom. The summed E-state index contributed by atoms with van der Waals surface area (Å²) >= 11 is 3.76. The van der Waals surface area contributed by atoms with Crippen molar-refractivity contribution in [2.75, 3.05) is 12.5 Å². The molecule has 0 amide bonds. The van der Waals surface area contributed by atoms with Crippen molar-refractivity contribution >= 4 is 12.6 Å². The molecule has 84 valence electrons. The summed E-state index contributed by atoms with van der Waals surface area (Å²) in [6.45, 7) is -0.461. The Morgan fingerprint density at radius 1 is 1.14 bits per heavy atom. The van der Waals surface area contributed by atoms with E-state index in [1.807, 2.05) is 0 Å². The first-order chi connectivity index (χ1) is 6.61. The van der Waals surface area contributed by atoms with Gasteiger partial charge in [-0.1, -0.05) is 0 Å². The van der Waals surface area contributed by atoms with Gasteiger partial charge >= 0.3 is 0 Å². The molecule has 1 aliphatic heterocycles. The van der Waals surface area contributed by atoms with Gasteiger partial charge in [0.2, 0.25) is 0 Å². The Hall–Kier alpha value is 0.110. The molecule has 1 rings (SSSR count). The molecule has 0 aromatic heterocycles. The van der Waals surface area contributed by atoms with Crippen LogP contribution in [0.4, 0.5) is 0 Å². The lowest BCUT2D eigenvalue weighted by Gasteiger charge is -2.39. The van der Waals surface area contributed by atoms with Crippen LogP contribution >= 0.6 is 12.6 Å². The van der Waals surface area contributed by atoms with Crippen LogP contribution in [0.1, 0.15) is 0 Å². The lowest BCUT2D eigenvalue weighted by atomic mass is 9.99. The number of thiol groups is 1. The molecule has 14 heavy (non-hydrogen) atoms. The van der Waals surface area contributed by atoms with Gasteiger partial charge in [0, 0.05) is 0 Å². The van der Waals surface area contributed by atoms with Crippen LogP contribution in [0.2, 0.25) is 0 Å². The fourth-order valence-corrected chi connectivity index (χ4v) is 1.43. The number of ether oxygens (including phenoxy) is 2. The van der Waals surface area contributed by atoms with Gasteiger partial charge in [-0.2, -0.15) is 12.6 Å². The molecular weight excluding hydrogens is 212 g/mol. The van der Waals surface area contributed by atoms with Crippen molar-refractivity contribution < 1.29 is 29.9 Å². The number of aliphatic hydroxyl groups excluding tert-OH is 4. The molecule has 0 spiro atoms. The Labute approximate surface area is 86.5 Å². The highest BCUT2D eigenvalue weighted by Crippen LogP contribution is 2.21. The third kappa shape index (κ3) is 2.37. The van der Waals surface area contributed by atoms with E-state index in [0.717, 1.165) is 0 Å². The zero-order valence-electron chi connectivity index (χ0n) is 7.35. The van der Waals surface area contributed by atoms with Crippen LogP contribution < -0.4 is 0 Å². The van der Waals surface area contributed by atoms with Crippen molar-refractivity contribution in [1.82, 2.24) is 0 Å². The fraction of sp³-hybridized carbons (Fsp3) is 1.00. The van der Waals surface area contributed by atoms with E-state index in [9.17, 15) is 15.3 Å². The summed E-state index contributed by atoms with van der Waals surface area (Å²) in [5, 5.41) is 36.8. The first-order valence-corrected chi connectivity index (χ1v) is 4.78. The summed E-state index contributed by atoms with van der Waals surface area (Å²) in [7, 11) is 0. The predicted octanol–water partition coefficient (Wildman–Crippen LogP) is -2.31. The monoisotopic (exact) mass is 226 g/mol. The van der Waals surface area contributed by atoms with Crippen molar-refractivity contribution in [3.63, 3.8) is 0 Å². The van der Waals surface area contributed by atoms with E-state index < -0.39 is 37.3 Å². The van der Waals surface area contributed by atoms with Gasteiger partial charge in [0.15, 0.2) is 6.29 Å². The van der Waals surface area contributed by atoms with E-state index in [1.54, 1.807) is 0 Å². The van der Waals surface area contributed by atoms with E-state index in [4.69, 9.17) is 14.6 Å². The Kier molecular flexibility index (Phi) is 4.58. The summed E-state index contributed by atoms with van der Waals surface area (Å²) in [5.74, 6) is 0.00267. The highest BCUT2D eigenvalue weighted by molar-refractivity contribution is 7.80. The van der Waals surface area contributed by atoms with Gasteiger partial charge in [-0.15, -0.1) is 0 Å². The number of hydrogen-bond acceptors (Lipinski definition) is 7. The van der Waals surface area contributed by atoms with E-state index in [0.29, 0.717) is 0 Å². The minimum absolute atomic E-state index is 0.00267. The molecule has 5 atom stereocenters. The smallest absolute Gasteiger partial charge is 0.187 e. The molecule has 0 bridgehead atoms. The summed E-state index contributed by atoms with van der Waals surface area (Å²) in [5.41, 5.74) is 0. The van der Waals surface area contributed by atoms with E-state index >= 15 is 0 Å². The zero-order valence-corrected chi connectivity index (χ0v) is 8.25. The van der Waals surface area contributed by atoms with Crippen molar-refractivity contribution in [3.05, 3.63) is 0 Å². The van der Waals surface area contributed by atoms with Crippen LogP contribution in [0.15, 0.2) is 0 Å². The predicted molar refractivity (Wildman–Crippen MR) is 48.7 cm³/mol. The summed E-state index contributed by atoms with van der Waals surface area (Å²) in [6.07, 6.45) is -6.11. The summed E-state index contributed by atoms with van der Waals surface area (Å²) in [6, 6.07) is 0. The second-order valence-corrected chi connectivity index (χ2v) is 3.25. The molecule has 4 N–H and O–H groups in total. The van der Waals surface area contributed by atoms with Crippen LogP contribution in [0, 0.1) is 0 Å². The van der Waals surface area contributed by atoms with Gasteiger partial charge in [-0.25, -0.2) is 0 Å². The number of rotatable bonds is 3. The molecule has 1 fully saturated rings. The standard InChI is InChI=1S/C7H14O6S/c8-1-3-4(9)5(10)6(11)7(13-3)12-2-14/h3-11,14H,1-2H2/t3-,4-,5+,6+,7+/m1/s1. The van der Waals surface area contributed by atoms with E-state index in [2.05, 4.69) is 12.6 Å². The Morgan fingerprint density at radius 3 is 2.29 bits per heavy atom. The fourth-order valence-electron chi connectivity index (χ4n) is 1.28. The van der Waals surface area contributed by atoms with Gasteiger partial charge < -0.3 is 29.9 Å². The second-order valence-electron chi connectivity index (χ2n) is 2.99. The third-order valence-corrected chi connectivity index (χ3v) is 2.24. The largest absolute Gasteiger partial charge is 0.394 e. The first-order valence-electron chi connectivity index (χ1n) is 4.14. The normalized spacial score (nSPS) is 43.9. The maximum absolute atomic E-state index is 9.38. The van der Waals surface area contributed by atoms with Gasteiger partial charge in [-0.05, 0) is 0 Å². The molecule has 0 aromatic carbocycles. The van der Waals surface area contributed by atoms with Crippen molar-refractivity contribution in [2.45, 2.75) is 30.7 Å². The molecule has 0 aliphatic carbocycles. The molecule has 0 saturated carbocycles. The van der Waals surface area contributed by atoms with Gasteiger partial charge in [0.25, 0.3) is 0 Å². The number of hydrogen-bond donors (Lipinski definition) is 5. The van der Waals surface area contributed by atoms with E-state index in [1.165, 1.54) is 0 Å². The van der Waals surface area contributed by atoms with Gasteiger partial charge in [0.1, 0.15) is 24.4 Å². The van der Waals surface area contributed by atoms with Crippen molar-refractivity contribution in [1.29, 1.82) is 0 Å². The van der Waals surface area contributed by atoms with Gasteiger partial charge in [0.05, 0.1) is 12.5 Å². The molecule has 1 heterocycles. The minimum atomic E-state index is -1.40. The average Bonchev–Trinajstić information content (AvgIpc) is 2.19. The SMILES string of the molecule is OC[C@H]1O[C@H](OCS)[C@@H](O)[C@@H](O)[C@@H]1O. The molecule has 0 radical (unpaired) electrons. The molecule has 1 saturated heterocycles. The minimum Gasteiger partial charge on any atom is -0.394 e. The topological polar surface area (TPSA) is 99.4 Å². The Bertz CT molecular complexity index is 176. The van der Waals surface area contributed by atoms with Crippen LogP contribution in [0.3, 0.4) is 0 Å². The average molecular weight is 226 g/mol. The summed E-state index contributed by atoms with van der Waals surface area (Å²) in [4.78, 5) is 0. The quantitative estimate of drug-likeness (QED) is 0.274. The third-order valence-electron chi connectivity index (χ3n) is 2.09. The first kappa shape index (κ1) is 12.2. The van der Waals surface area contributed by atoms with Crippen LogP contribution in [0.5, 0.6) is 0 Å². The zero-order chi connectivity index (χ0) is 10.7. The van der Waals surface area contributed by atoms with Crippen LogP contribution in [-0.4, -0.2) is 63.7 Å². The summed E-state index contributed by atoms with van der Waals surface area (Å²) < 4.78 is 9.85. The van der Waals surface area contributed by atoms with Crippen molar-refractivity contribution in [3.8, 4) is 0 Å². The molecule has 7 heteroatoms. The van der Waals surface area contributed by atoms with Gasteiger partial charge in [-0.3, -0.25) is 0 Å². The lowest BCUT2D eigenvalue weighted by molar-refractivity contribution is -0.296. The lowest BCUT2D eigenvalue weighted by Crippen LogP contribution is -2.59. The number of aliphatic hydroxyl groups is 4. The maximum Gasteiger partial charge on any atom is 0.187 e. The molecular formula is C7H14O6S. The van der Waals surface area contributed by atoms with Crippen LogP contribution in [-0.2, 0) is 9.47 Å². The maximum atomic E-state index is 9.38. The molecule has 0 aromatic rings. The second kappa shape index (κ2) is 5.26. The van der Waals surface area contributed by atoms with Crippen LogP contribution in [0.25, 0.3) is 0 Å². The van der Waals surface area contributed by atoms with Crippen molar-refractivity contribution in [2.24, 2.45) is 0 Å². The highest BCUT2D eigenvalue weighted by atomic mass is 32.1.